The quantitative estimate of drug-likeness (QED) is 0.681. The first-order valence-electron chi connectivity index (χ1n) is 7.03. The molecule has 1 spiro atoms. The molecule has 0 aromatic heterocycles. The lowest BCUT2D eigenvalue weighted by Crippen LogP contribution is -2.47. The Labute approximate surface area is 127 Å². The number of hydrogen-bond donors (Lipinski definition) is 1. The summed E-state index contributed by atoms with van der Waals surface area (Å²) in [7, 11) is 0. The molecule has 2 unspecified atom stereocenters. The van der Waals surface area contributed by atoms with Gasteiger partial charge in [-0.3, -0.25) is 10.1 Å². The van der Waals surface area contributed by atoms with Gasteiger partial charge in [0.05, 0.1) is 18.1 Å². The number of benzene rings is 1. The number of hydrogen-bond acceptors (Lipinski definition) is 6. The average molecular weight is 310 g/mol. The predicted molar refractivity (Wildman–Crippen MR) is 79.2 cm³/mol. The summed E-state index contributed by atoms with van der Waals surface area (Å²) in [6.07, 6.45) is 2.46. The highest BCUT2D eigenvalue weighted by molar-refractivity contribution is 8.00. The zero-order valence-corrected chi connectivity index (χ0v) is 12.4. The highest BCUT2D eigenvalue weighted by Crippen LogP contribution is 2.42. The van der Waals surface area contributed by atoms with Crippen LogP contribution in [0.25, 0.3) is 0 Å². The second-order valence-electron chi connectivity index (χ2n) is 5.42. The summed E-state index contributed by atoms with van der Waals surface area (Å²) in [6.45, 7) is 1.29. The molecule has 1 saturated carbocycles. The smallest absolute Gasteiger partial charge is 0.269 e. The number of nitrogens with two attached hydrogens (primary N) is 1. The van der Waals surface area contributed by atoms with Crippen molar-refractivity contribution in [1.82, 2.24) is 0 Å². The van der Waals surface area contributed by atoms with Crippen LogP contribution in [0.5, 0.6) is 0 Å². The molecule has 2 N–H and O–H groups in total. The third-order valence-electron chi connectivity index (χ3n) is 4.00. The van der Waals surface area contributed by atoms with Gasteiger partial charge >= 0.3 is 0 Å². The molecule has 6 nitrogen and oxygen atoms in total. The molecule has 114 valence electrons. The number of nitro benzene ring substituents is 1. The molecule has 2 atom stereocenters. The van der Waals surface area contributed by atoms with Crippen molar-refractivity contribution in [2.24, 2.45) is 5.73 Å². The van der Waals surface area contributed by atoms with E-state index in [4.69, 9.17) is 15.2 Å². The molecule has 2 fully saturated rings. The summed E-state index contributed by atoms with van der Waals surface area (Å²) in [6, 6.07) is 6.67. The summed E-state index contributed by atoms with van der Waals surface area (Å²) >= 11 is 1.65. The highest BCUT2D eigenvalue weighted by Gasteiger charge is 2.44. The van der Waals surface area contributed by atoms with Crippen molar-refractivity contribution in [2.75, 3.05) is 13.2 Å². The van der Waals surface area contributed by atoms with E-state index in [1.165, 1.54) is 12.1 Å². The number of nitrogens with zero attached hydrogens (tertiary/aromatic N) is 1. The normalized spacial score (nSPS) is 27.9. The summed E-state index contributed by atoms with van der Waals surface area (Å²) in [4.78, 5) is 11.3. The standard InChI is InChI=1S/C14H18N2O4S/c15-12-5-6-14(19-7-8-20-14)9-13(12)21-11-3-1-10(2-4-11)16(17)18/h1-4,12-13H,5-9,15H2. The van der Waals surface area contributed by atoms with E-state index in [-0.39, 0.29) is 17.0 Å². The Morgan fingerprint density at radius 2 is 1.95 bits per heavy atom. The Morgan fingerprint density at radius 1 is 1.29 bits per heavy atom. The SMILES string of the molecule is NC1CCC2(CC1Sc1ccc([N+](=O)[O-])cc1)OCCO2. The van der Waals surface area contributed by atoms with Crippen molar-refractivity contribution < 1.29 is 14.4 Å². The van der Waals surface area contributed by atoms with E-state index >= 15 is 0 Å². The van der Waals surface area contributed by atoms with Gasteiger partial charge in [-0.2, -0.15) is 0 Å². The van der Waals surface area contributed by atoms with E-state index in [0.29, 0.717) is 13.2 Å². The van der Waals surface area contributed by atoms with E-state index in [1.54, 1.807) is 23.9 Å². The van der Waals surface area contributed by atoms with E-state index < -0.39 is 10.7 Å². The van der Waals surface area contributed by atoms with E-state index in [0.717, 1.165) is 24.2 Å². The van der Waals surface area contributed by atoms with Gasteiger partial charge in [0, 0.05) is 41.2 Å². The van der Waals surface area contributed by atoms with E-state index in [1.807, 2.05) is 0 Å². The number of rotatable bonds is 3. The Hall–Kier alpha value is -1.15. The molecule has 2 aliphatic rings. The maximum atomic E-state index is 10.7. The lowest BCUT2D eigenvalue weighted by atomic mass is 9.90. The minimum absolute atomic E-state index is 0.0867. The van der Waals surface area contributed by atoms with Crippen molar-refractivity contribution in [1.29, 1.82) is 0 Å². The molecule has 1 aliphatic heterocycles. The topological polar surface area (TPSA) is 87.6 Å². The van der Waals surface area contributed by atoms with Gasteiger partial charge in [0.1, 0.15) is 0 Å². The fourth-order valence-corrected chi connectivity index (χ4v) is 4.13. The largest absolute Gasteiger partial charge is 0.347 e. The second-order valence-corrected chi connectivity index (χ2v) is 6.73. The van der Waals surface area contributed by atoms with Gasteiger partial charge in [-0.25, -0.2) is 0 Å². The predicted octanol–water partition coefficient (Wildman–Crippen LogP) is 2.31. The summed E-state index contributed by atoms with van der Waals surface area (Å²) < 4.78 is 11.5. The molecule has 7 heteroatoms. The number of non-ortho nitro benzene ring substituents is 1. The lowest BCUT2D eigenvalue weighted by Gasteiger charge is -2.39. The first-order valence-corrected chi connectivity index (χ1v) is 7.91. The van der Waals surface area contributed by atoms with Gasteiger partial charge in [0.2, 0.25) is 0 Å². The van der Waals surface area contributed by atoms with Gasteiger partial charge in [0.15, 0.2) is 5.79 Å². The lowest BCUT2D eigenvalue weighted by molar-refractivity contribution is -0.384. The third-order valence-corrected chi connectivity index (χ3v) is 5.36. The van der Waals surface area contributed by atoms with Crippen LogP contribution in [0.1, 0.15) is 19.3 Å². The highest BCUT2D eigenvalue weighted by atomic mass is 32.2. The molecule has 0 radical (unpaired) electrons. The molecule has 21 heavy (non-hydrogen) atoms. The molecule has 1 heterocycles. The Morgan fingerprint density at radius 3 is 2.57 bits per heavy atom. The summed E-state index contributed by atoms with van der Waals surface area (Å²) in [5.74, 6) is -0.464. The van der Waals surface area contributed by atoms with Crippen LogP contribution >= 0.6 is 11.8 Å². The van der Waals surface area contributed by atoms with E-state index in [9.17, 15) is 10.1 Å². The summed E-state index contributed by atoms with van der Waals surface area (Å²) in [5.41, 5.74) is 6.32. The zero-order valence-electron chi connectivity index (χ0n) is 11.6. The first kappa shape index (κ1) is 14.8. The molecule has 1 aromatic rings. The van der Waals surface area contributed by atoms with Crippen LogP contribution in [0.2, 0.25) is 0 Å². The van der Waals surface area contributed by atoms with Gasteiger partial charge in [0.25, 0.3) is 5.69 Å². The van der Waals surface area contributed by atoms with Crippen molar-refractivity contribution >= 4 is 17.4 Å². The van der Waals surface area contributed by atoms with Gasteiger partial charge in [-0.15, -0.1) is 11.8 Å². The monoisotopic (exact) mass is 310 g/mol. The first-order chi connectivity index (χ1) is 10.1. The fraction of sp³-hybridized carbons (Fsp3) is 0.571. The fourth-order valence-electron chi connectivity index (χ4n) is 2.84. The Bertz CT molecular complexity index is 516. The number of thioether (sulfide) groups is 1. The van der Waals surface area contributed by atoms with Crippen LogP contribution in [-0.4, -0.2) is 35.2 Å². The van der Waals surface area contributed by atoms with Gasteiger partial charge in [-0.05, 0) is 18.6 Å². The van der Waals surface area contributed by atoms with Crippen molar-refractivity contribution in [2.45, 2.75) is 41.2 Å². The molecule has 0 amide bonds. The van der Waals surface area contributed by atoms with Crippen LogP contribution in [0.4, 0.5) is 5.69 Å². The minimum Gasteiger partial charge on any atom is -0.347 e. The second kappa shape index (κ2) is 5.92. The molecule has 1 aliphatic carbocycles. The molecule has 1 aromatic carbocycles. The number of nitro groups is 1. The van der Waals surface area contributed by atoms with Crippen molar-refractivity contribution in [3.63, 3.8) is 0 Å². The van der Waals surface area contributed by atoms with Crippen molar-refractivity contribution in [3.8, 4) is 0 Å². The molecule has 3 rings (SSSR count). The minimum atomic E-state index is -0.464. The van der Waals surface area contributed by atoms with Gasteiger partial charge < -0.3 is 15.2 Å². The third kappa shape index (κ3) is 3.21. The zero-order chi connectivity index (χ0) is 14.9. The van der Waals surface area contributed by atoms with Gasteiger partial charge in [-0.1, -0.05) is 0 Å². The van der Waals surface area contributed by atoms with Crippen LogP contribution in [0.15, 0.2) is 29.2 Å². The van der Waals surface area contributed by atoms with Crippen LogP contribution in [0, 0.1) is 10.1 Å². The van der Waals surface area contributed by atoms with Crippen LogP contribution < -0.4 is 5.73 Å². The molecule has 0 bridgehead atoms. The molecular weight excluding hydrogens is 292 g/mol. The Balaban J connectivity index is 1.68. The maximum absolute atomic E-state index is 10.7. The molecular formula is C14H18N2O4S. The Kier molecular flexibility index (Phi) is 4.17. The number of ether oxygens (including phenoxy) is 2. The van der Waals surface area contributed by atoms with Crippen LogP contribution in [-0.2, 0) is 9.47 Å². The summed E-state index contributed by atoms with van der Waals surface area (Å²) in [5, 5.41) is 10.9. The van der Waals surface area contributed by atoms with E-state index in [2.05, 4.69) is 0 Å². The van der Waals surface area contributed by atoms with Crippen molar-refractivity contribution in [3.05, 3.63) is 34.4 Å². The maximum Gasteiger partial charge on any atom is 0.269 e. The average Bonchev–Trinajstić information content (AvgIpc) is 2.92. The molecule has 1 saturated heterocycles. The van der Waals surface area contributed by atoms with Crippen LogP contribution in [0.3, 0.4) is 0 Å².